The Balaban J connectivity index is 1.48. The third-order valence-corrected chi connectivity index (χ3v) is 10.5. The van der Waals surface area contributed by atoms with Crippen molar-refractivity contribution < 1.29 is 31.0 Å². The minimum atomic E-state index is -4.55. The zero-order valence-electron chi connectivity index (χ0n) is 25.5. The third-order valence-electron chi connectivity index (χ3n) is 6.91. The zero-order valence-corrected chi connectivity index (χ0v) is 27.2. The van der Waals surface area contributed by atoms with E-state index in [-0.39, 0.29) is 21.6 Å². The van der Waals surface area contributed by atoms with Crippen LogP contribution in [-0.2, 0) is 26.5 Å². The van der Waals surface area contributed by atoms with Crippen molar-refractivity contribution in [3.63, 3.8) is 0 Å². The molecule has 10 nitrogen and oxygen atoms in total. The fraction of sp³-hybridized carbons (Fsp3) is 0.312. The van der Waals surface area contributed by atoms with Gasteiger partial charge in [0.1, 0.15) is 17.3 Å². The summed E-state index contributed by atoms with van der Waals surface area (Å²) in [5, 5.41) is 4.46. The van der Waals surface area contributed by atoms with Crippen LogP contribution in [0.3, 0.4) is 0 Å². The molecule has 0 spiro atoms. The maximum absolute atomic E-state index is 13.5. The van der Waals surface area contributed by atoms with Crippen molar-refractivity contribution in [3.05, 3.63) is 84.4 Å². The van der Waals surface area contributed by atoms with Gasteiger partial charge in [0.25, 0.3) is 20.0 Å². The summed E-state index contributed by atoms with van der Waals surface area (Å²) in [6.07, 6.45) is 0.478. The van der Waals surface area contributed by atoms with Gasteiger partial charge in [0.05, 0.1) is 18.6 Å². The van der Waals surface area contributed by atoms with E-state index in [4.69, 9.17) is 14.2 Å². The van der Waals surface area contributed by atoms with Gasteiger partial charge in [-0.15, -0.1) is 4.13 Å². The summed E-state index contributed by atoms with van der Waals surface area (Å²) in [6.45, 7) is 5.37. The maximum Gasteiger partial charge on any atom is 0.257 e. The molecule has 4 rings (SSSR count). The number of nitrogens with one attached hydrogen (secondary N) is 2. The summed E-state index contributed by atoms with van der Waals surface area (Å²) in [7, 11) is -3.99. The number of fused-ring (bicyclic) bond motifs is 1. The summed E-state index contributed by atoms with van der Waals surface area (Å²) in [4.78, 5) is 1.46. The standard InChI is InChI=1S/C32H39N3O7S2/c1-6-41-28-14-7-8-15-29(28)42-20-19-33-23(2)21-24-17-18-30(40-5)32(22-24)44(38,39)34-43(36,37)31-16-10-11-25-26(31)12-9-13-27(25)35(3)4/h7-18,22-23,33-34H,6,19-21H2,1-5H3/t23-/m1/s1. The largest absolute Gasteiger partial charge is 0.495 e. The van der Waals surface area contributed by atoms with Crippen molar-refractivity contribution in [3.8, 4) is 17.2 Å². The quantitative estimate of drug-likeness (QED) is 0.180. The van der Waals surface area contributed by atoms with E-state index in [0.717, 1.165) is 5.69 Å². The number of benzene rings is 4. The Morgan fingerprint density at radius 2 is 1.43 bits per heavy atom. The van der Waals surface area contributed by atoms with Gasteiger partial charge in [-0.05, 0) is 62.2 Å². The molecule has 12 heteroatoms. The van der Waals surface area contributed by atoms with Crippen molar-refractivity contribution in [2.24, 2.45) is 0 Å². The number of para-hydroxylation sites is 2. The summed E-state index contributed by atoms with van der Waals surface area (Å²) in [5.41, 5.74) is 1.49. The SMILES string of the molecule is CCOc1ccccc1OCCN[C@H](C)Cc1ccc(OC)c(S(=O)(=O)NS(=O)(=O)c2cccc3c(N(C)C)cccc23)c1. The zero-order chi connectivity index (χ0) is 31.9. The molecule has 0 heterocycles. The molecule has 0 saturated carbocycles. The van der Waals surface area contributed by atoms with Gasteiger partial charge < -0.3 is 24.4 Å². The molecule has 0 aliphatic heterocycles. The molecule has 4 aromatic carbocycles. The number of rotatable bonds is 15. The Morgan fingerprint density at radius 1 is 0.773 bits per heavy atom. The molecule has 0 aliphatic carbocycles. The molecule has 1 atom stereocenters. The first-order valence-electron chi connectivity index (χ1n) is 14.2. The fourth-order valence-electron chi connectivity index (χ4n) is 4.92. The van der Waals surface area contributed by atoms with Crippen LogP contribution in [0.1, 0.15) is 19.4 Å². The number of anilines is 1. The van der Waals surface area contributed by atoms with E-state index in [1.165, 1.54) is 25.3 Å². The lowest BCUT2D eigenvalue weighted by Gasteiger charge is -2.18. The van der Waals surface area contributed by atoms with Gasteiger partial charge in [-0.25, -0.2) is 16.8 Å². The molecule has 4 aromatic rings. The monoisotopic (exact) mass is 641 g/mol. The number of methoxy groups -OCH3 is 1. The van der Waals surface area contributed by atoms with E-state index in [0.29, 0.717) is 54.0 Å². The smallest absolute Gasteiger partial charge is 0.257 e. The Hall–Kier alpha value is -3.84. The average molecular weight is 642 g/mol. The van der Waals surface area contributed by atoms with Crippen molar-refractivity contribution in [1.29, 1.82) is 0 Å². The lowest BCUT2D eigenvalue weighted by Crippen LogP contribution is -2.32. The minimum absolute atomic E-state index is 0.0336. The molecule has 0 aromatic heterocycles. The summed E-state index contributed by atoms with van der Waals surface area (Å²) in [6, 6.07) is 22.2. The number of hydrogen-bond donors (Lipinski definition) is 2. The second-order valence-corrected chi connectivity index (χ2v) is 13.9. The molecular formula is C32H39N3O7S2. The molecule has 236 valence electrons. The van der Waals surface area contributed by atoms with Crippen LogP contribution in [0, 0.1) is 0 Å². The van der Waals surface area contributed by atoms with Gasteiger partial charge >= 0.3 is 0 Å². The van der Waals surface area contributed by atoms with Crippen molar-refractivity contribution in [1.82, 2.24) is 9.44 Å². The van der Waals surface area contributed by atoms with Gasteiger partial charge in [0, 0.05) is 43.1 Å². The van der Waals surface area contributed by atoms with Crippen LogP contribution in [0.2, 0.25) is 0 Å². The first-order valence-corrected chi connectivity index (χ1v) is 17.2. The average Bonchev–Trinajstić information content (AvgIpc) is 2.99. The van der Waals surface area contributed by atoms with Crippen LogP contribution < -0.4 is 28.6 Å². The van der Waals surface area contributed by atoms with Crippen molar-refractivity contribution in [2.45, 2.75) is 36.1 Å². The van der Waals surface area contributed by atoms with Crippen molar-refractivity contribution in [2.75, 3.05) is 45.9 Å². The van der Waals surface area contributed by atoms with E-state index >= 15 is 0 Å². The molecule has 0 radical (unpaired) electrons. The lowest BCUT2D eigenvalue weighted by molar-refractivity contribution is 0.272. The molecular weight excluding hydrogens is 602 g/mol. The molecule has 44 heavy (non-hydrogen) atoms. The molecule has 0 saturated heterocycles. The first kappa shape index (κ1) is 33.1. The van der Waals surface area contributed by atoms with Crippen LogP contribution in [0.25, 0.3) is 10.8 Å². The van der Waals surface area contributed by atoms with Crippen LogP contribution >= 0.6 is 0 Å². The van der Waals surface area contributed by atoms with E-state index in [9.17, 15) is 16.8 Å². The highest BCUT2D eigenvalue weighted by atomic mass is 32.3. The van der Waals surface area contributed by atoms with Gasteiger partial charge in [0.2, 0.25) is 0 Å². The van der Waals surface area contributed by atoms with Gasteiger partial charge in [-0.2, -0.15) is 0 Å². The van der Waals surface area contributed by atoms with Crippen LogP contribution in [-0.4, -0.2) is 63.8 Å². The van der Waals surface area contributed by atoms with E-state index < -0.39 is 20.0 Å². The molecule has 0 amide bonds. The fourth-order valence-corrected chi connectivity index (χ4v) is 8.24. The molecule has 0 fully saturated rings. The normalized spacial score (nSPS) is 12.6. The number of nitrogens with zero attached hydrogens (tertiary/aromatic N) is 1. The summed E-state index contributed by atoms with van der Waals surface area (Å²) < 4.78 is 72.8. The molecule has 0 unspecified atom stereocenters. The lowest BCUT2D eigenvalue weighted by atomic mass is 10.1. The molecule has 0 aliphatic rings. The maximum atomic E-state index is 13.5. The van der Waals surface area contributed by atoms with E-state index in [1.54, 1.807) is 30.3 Å². The highest BCUT2D eigenvalue weighted by Gasteiger charge is 2.29. The number of hydrogen-bond acceptors (Lipinski definition) is 9. The Morgan fingerprint density at radius 3 is 2.11 bits per heavy atom. The van der Waals surface area contributed by atoms with E-state index in [2.05, 4.69) is 5.32 Å². The van der Waals surface area contributed by atoms with Crippen LogP contribution in [0.5, 0.6) is 17.2 Å². The van der Waals surface area contributed by atoms with Gasteiger partial charge in [-0.3, -0.25) is 0 Å². The van der Waals surface area contributed by atoms with Crippen LogP contribution in [0.4, 0.5) is 5.69 Å². The van der Waals surface area contributed by atoms with E-state index in [1.807, 2.05) is 67.3 Å². The predicted octanol–water partition coefficient (Wildman–Crippen LogP) is 4.58. The Kier molecular flexibility index (Phi) is 10.7. The van der Waals surface area contributed by atoms with Crippen molar-refractivity contribution >= 4 is 36.5 Å². The van der Waals surface area contributed by atoms with Gasteiger partial charge in [-0.1, -0.05) is 42.5 Å². The Labute approximate surface area is 260 Å². The summed E-state index contributed by atoms with van der Waals surface area (Å²) >= 11 is 0. The highest BCUT2D eigenvalue weighted by molar-refractivity contribution is 8.04. The first-order chi connectivity index (χ1) is 21.0. The predicted molar refractivity (Wildman–Crippen MR) is 173 cm³/mol. The second kappa shape index (κ2) is 14.3. The van der Waals surface area contributed by atoms with Gasteiger partial charge in [0.15, 0.2) is 11.5 Å². The minimum Gasteiger partial charge on any atom is -0.495 e. The second-order valence-electron chi connectivity index (χ2n) is 10.4. The highest BCUT2D eigenvalue weighted by Crippen LogP contribution is 2.32. The topological polar surface area (TPSA) is 123 Å². The number of ether oxygens (including phenoxy) is 3. The Bertz CT molecular complexity index is 1810. The third kappa shape index (κ3) is 7.81. The molecule has 2 N–H and O–H groups in total. The number of sulfonamides is 2. The van der Waals surface area contributed by atoms with Crippen LogP contribution in [0.15, 0.2) is 88.7 Å². The molecule has 0 bridgehead atoms. The summed E-state index contributed by atoms with van der Waals surface area (Å²) in [5.74, 6) is 1.38.